The molecule has 0 aliphatic heterocycles. The first kappa shape index (κ1) is 14.6. The largest absolute Gasteiger partial charge is 0.364 e. The van der Waals surface area contributed by atoms with Crippen molar-refractivity contribution in [3.8, 4) is 5.69 Å². The van der Waals surface area contributed by atoms with E-state index in [-0.39, 0.29) is 5.69 Å². The van der Waals surface area contributed by atoms with E-state index in [1.807, 2.05) is 12.1 Å². The van der Waals surface area contributed by atoms with Crippen LogP contribution < -0.4 is 11.1 Å². The highest BCUT2D eigenvalue weighted by Gasteiger charge is 2.12. The first-order valence-electron chi connectivity index (χ1n) is 6.47. The molecule has 0 saturated carbocycles. The van der Waals surface area contributed by atoms with Crippen LogP contribution in [0.2, 0.25) is 5.02 Å². The van der Waals surface area contributed by atoms with Crippen LogP contribution in [0, 0.1) is 0 Å². The predicted molar refractivity (Wildman–Crippen MR) is 79.1 cm³/mol. The molecule has 0 aliphatic carbocycles. The minimum atomic E-state index is -0.554. The molecule has 1 aromatic carbocycles. The number of aromatic nitrogens is 2. The van der Waals surface area contributed by atoms with Crippen LogP contribution in [0.4, 0.5) is 0 Å². The zero-order valence-electron chi connectivity index (χ0n) is 11.3. The Kier molecular flexibility index (Phi) is 4.76. The van der Waals surface area contributed by atoms with Crippen LogP contribution in [0.5, 0.6) is 0 Å². The van der Waals surface area contributed by atoms with Crippen molar-refractivity contribution >= 4 is 17.5 Å². The summed E-state index contributed by atoms with van der Waals surface area (Å²) in [4.78, 5) is 11.1. The van der Waals surface area contributed by atoms with Gasteiger partial charge in [0.25, 0.3) is 5.91 Å². The number of para-hydroxylation sites is 1. The lowest BCUT2D eigenvalue weighted by atomic mass is 10.1. The Morgan fingerprint density at radius 2 is 2.25 bits per heavy atom. The molecule has 0 aliphatic rings. The van der Waals surface area contributed by atoms with Crippen molar-refractivity contribution in [3.05, 3.63) is 46.7 Å². The molecule has 6 heteroatoms. The van der Waals surface area contributed by atoms with Gasteiger partial charge >= 0.3 is 0 Å². The van der Waals surface area contributed by atoms with Crippen molar-refractivity contribution in [2.45, 2.75) is 19.9 Å². The number of nitrogens with two attached hydrogens (primary N) is 1. The molecule has 0 bridgehead atoms. The maximum absolute atomic E-state index is 11.1. The van der Waals surface area contributed by atoms with Crippen LogP contribution >= 0.6 is 11.6 Å². The highest BCUT2D eigenvalue weighted by molar-refractivity contribution is 6.32. The van der Waals surface area contributed by atoms with Gasteiger partial charge in [0, 0.05) is 12.7 Å². The second-order valence-corrected chi connectivity index (χ2v) is 4.84. The number of carbonyl (C=O) groups is 1. The Hall–Kier alpha value is -1.85. The fraction of sp³-hybridized carbons (Fsp3) is 0.286. The Labute approximate surface area is 122 Å². The normalized spacial score (nSPS) is 10.7. The monoisotopic (exact) mass is 292 g/mol. The second-order valence-electron chi connectivity index (χ2n) is 4.43. The number of halogens is 1. The molecule has 0 spiro atoms. The number of primary amides is 1. The van der Waals surface area contributed by atoms with Gasteiger partial charge in [-0.3, -0.25) is 4.79 Å². The SMILES string of the molecule is CCCNCc1cccc(Cl)c1-n1ccc(C(N)=O)n1. The first-order chi connectivity index (χ1) is 9.63. The predicted octanol–water partition coefficient (Wildman–Crippen LogP) is 2.12. The van der Waals surface area contributed by atoms with Gasteiger partial charge in [0.05, 0.1) is 10.7 Å². The maximum Gasteiger partial charge on any atom is 0.269 e. The summed E-state index contributed by atoms with van der Waals surface area (Å²) >= 11 is 6.26. The second kappa shape index (κ2) is 6.54. The summed E-state index contributed by atoms with van der Waals surface area (Å²) in [6, 6.07) is 7.25. The average Bonchev–Trinajstić information content (AvgIpc) is 2.88. The molecule has 5 nitrogen and oxygen atoms in total. The number of hydrogen-bond donors (Lipinski definition) is 2. The molecular formula is C14H17ClN4O. The zero-order chi connectivity index (χ0) is 14.5. The van der Waals surface area contributed by atoms with E-state index >= 15 is 0 Å². The van der Waals surface area contributed by atoms with Gasteiger partial charge in [-0.2, -0.15) is 5.10 Å². The lowest BCUT2D eigenvalue weighted by Gasteiger charge is -2.12. The van der Waals surface area contributed by atoms with Crippen LogP contribution in [0.3, 0.4) is 0 Å². The third kappa shape index (κ3) is 3.18. The van der Waals surface area contributed by atoms with Crippen molar-refractivity contribution in [3.63, 3.8) is 0 Å². The Bertz CT molecular complexity index is 609. The van der Waals surface area contributed by atoms with E-state index in [2.05, 4.69) is 17.3 Å². The maximum atomic E-state index is 11.1. The number of nitrogens with one attached hydrogen (secondary N) is 1. The lowest BCUT2D eigenvalue weighted by molar-refractivity contribution is 0.0995. The molecule has 20 heavy (non-hydrogen) atoms. The summed E-state index contributed by atoms with van der Waals surface area (Å²) in [5, 5.41) is 8.07. The molecule has 0 saturated heterocycles. The first-order valence-corrected chi connectivity index (χ1v) is 6.85. The third-order valence-electron chi connectivity index (χ3n) is 2.88. The van der Waals surface area contributed by atoms with Gasteiger partial charge in [-0.05, 0) is 30.7 Å². The van der Waals surface area contributed by atoms with Gasteiger partial charge in [0.15, 0.2) is 0 Å². The summed E-state index contributed by atoms with van der Waals surface area (Å²) in [6.07, 6.45) is 2.74. The van der Waals surface area contributed by atoms with Gasteiger partial charge in [0.1, 0.15) is 5.69 Å². The molecule has 1 amide bonds. The summed E-state index contributed by atoms with van der Waals surface area (Å²) in [5.74, 6) is -0.554. The standard InChI is InChI=1S/C14H17ClN4O/c1-2-7-17-9-10-4-3-5-11(15)13(10)19-8-6-12(18-19)14(16)20/h3-6,8,17H,2,7,9H2,1H3,(H2,16,20). The smallest absolute Gasteiger partial charge is 0.269 e. The van der Waals surface area contributed by atoms with E-state index in [0.29, 0.717) is 11.6 Å². The summed E-state index contributed by atoms with van der Waals surface area (Å²) < 4.78 is 1.59. The minimum absolute atomic E-state index is 0.220. The molecule has 2 aromatic rings. The van der Waals surface area contributed by atoms with E-state index in [0.717, 1.165) is 24.2 Å². The van der Waals surface area contributed by atoms with Crippen molar-refractivity contribution < 1.29 is 4.79 Å². The Morgan fingerprint density at radius 1 is 1.45 bits per heavy atom. The molecule has 0 unspecified atom stereocenters. The molecule has 3 N–H and O–H groups in total. The molecule has 1 aromatic heterocycles. The molecule has 0 radical (unpaired) electrons. The zero-order valence-corrected chi connectivity index (χ0v) is 12.0. The van der Waals surface area contributed by atoms with E-state index in [1.165, 1.54) is 0 Å². The summed E-state index contributed by atoms with van der Waals surface area (Å²) in [7, 11) is 0. The minimum Gasteiger partial charge on any atom is -0.364 e. The van der Waals surface area contributed by atoms with E-state index < -0.39 is 5.91 Å². The highest BCUT2D eigenvalue weighted by atomic mass is 35.5. The van der Waals surface area contributed by atoms with Gasteiger partial charge < -0.3 is 11.1 Å². The van der Waals surface area contributed by atoms with Gasteiger partial charge in [0.2, 0.25) is 0 Å². The molecule has 106 valence electrons. The number of carbonyl (C=O) groups excluding carboxylic acids is 1. The fourth-order valence-electron chi connectivity index (χ4n) is 1.94. The number of benzene rings is 1. The van der Waals surface area contributed by atoms with Crippen LogP contribution in [-0.2, 0) is 6.54 Å². The van der Waals surface area contributed by atoms with Crippen LogP contribution in [0.15, 0.2) is 30.5 Å². The molecule has 0 atom stereocenters. The number of rotatable bonds is 6. The molecule has 1 heterocycles. The summed E-state index contributed by atoms with van der Waals surface area (Å²) in [5.41, 5.74) is 7.23. The third-order valence-corrected chi connectivity index (χ3v) is 3.19. The lowest BCUT2D eigenvalue weighted by Crippen LogP contribution is -2.16. The van der Waals surface area contributed by atoms with E-state index in [1.54, 1.807) is 23.0 Å². The van der Waals surface area contributed by atoms with Crippen LogP contribution in [0.25, 0.3) is 5.69 Å². The quantitative estimate of drug-likeness (QED) is 0.801. The highest BCUT2D eigenvalue weighted by Crippen LogP contribution is 2.24. The topological polar surface area (TPSA) is 72.9 Å². The van der Waals surface area contributed by atoms with Gasteiger partial charge in [-0.1, -0.05) is 30.7 Å². The van der Waals surface area contributed by atoms with Crippen molar-refractivity contribution in [2.75, 3.05) is 6.54 Å². The Morgan fingerprint density at radius 3 is 2.90 bits per heavy atom. The average molecular weight is 293 g/mol. The number of amides is 1. The van der Waals surface area contributed by atoms with Gasteiger partial charge in [-0.25, -0.2) is 4.68 Å². The van der Waals surface area contributed by atoms with Crippen molar-refractivity contribution in [1.82, 2.24) is 15.1 Å². The van der Waals surface area contributed by atoms with E-state index in [9.17, 15) is 4.79 Å². The molecule has 0 fully saturated rings. The number of hydrogen-bond acceptors (Lipinski definition) is 3. The van der Waals surface area contributed by atoms with Crippen molar-refractivity contribution in [2.24, 2.45) is 5.73 Å². The van der Waals surface area contributed by atoms with E-state index in [4.69, 9.17) is 17.3 Å². The molecular weight excluding hydrogens is 276 g/mol. The van der Waals surface area contributed by atoms with Gasteiger partial charge in [-0.15, -0.1) is 0 Å². The number of nitrogens with zero attached hydrogens (tertiary/aromatic N) is 2. The van der Waals surface area contributed by atoms with Crippen molar-refractivity contribution in [1.29, 1.82) is 0 Å². The van der Waals surface area contributed by atoms with Crippen LogP contribution in [-0.4, -0.2) is 22.2 Å². The molecule has 2 rings (SSSR count). The van der Waals surface area contributed by atoms with Crippen LogP contribution in [0.1, 0.15) is 29.4 Å². The fourth-order valence-corrected chi connectivity index (χ4v) is 2.22. The Balaban J connectivity index is 2.35. The summed E-state index contributed by atoms with van der Waals surface area (Å²) in [6.45, 7) is 3.73.